The number of hydrogen-bond donors (Lipinski definition) is 2. The van der Waals surface area contributed by atoms with Crippen molar-refractivity contribution in [2.24, 2.45) is 0 Å². The van der Waals surface area contributed by atoms with Gasteiger partial charge in [0.15, 0.2) is 0 Å². The van der Waals surface area contributed by atoms with Gasteiger partial charge in [-0.25, -0.2) is 0 Å². The Balaban J connectivity index is 2.09. The molecule has 100 valence electrons. The fourth-order valence-electron chi connectivity index (χ4n) is 2.51. The summed E-state index contributed by atoms with van der Waals surface area (Å²) in [5.74, 6) is 0. The molecule has 2 nitrogen and oxygen atoms in total. The molecule has 1 aromatic rings. The molecule has 0 aliphatic carbocycles. The first-order valence-corrected chi connectivity index (χ1v) is 7.01. The van der Waals surface area contributed by atoms with E-state index in [2.05, 4.69) is 56.5 Å². The van der Waals surface area contributed by atoms with Gasteiger partial charge in [-0.2, -0.15) is 0 Å². The van der Waals surface area contributed by atoms with Crippen LogP contribution in [0.4, 0.5) is 0 Å². The van der Waals surface area contributed by atoms with Crippen LogP contribution in [-0.4, -0.2) is 25.7 Å². The molecule has 2 N–H and O–H groups in total. The van der Waals surface area contributed by atoms with Gasteiger partial charge < -0.3 is 10.6 Å². The SMILES string of the molecule is Cc1cc(C(C)(C)C)ccc1CC1CNCCN1. The van der Waals surface area contributed by atoms with E-state index in [1.807, 2.05) is 0 Å². The molecule has 0 aromatic heterocycles. The van der Waals surface area contributed by atoms with Crippen molar-refractivity contribution in [1.29, 1.82) is 0 Å². The first kappa shape index (κ1) is 13.6. The summed E-state index contributed by atoms with van der Waals surface area (Å²) in [5.41, 5.74) is 4.57. The van der Waals surface area contributed by atoms with Crippen LogP contribution in [0.25, 0.3) is 0 Å². The number of aryl methyl sites for hydroxylation is 1. The van der Waals surface area contributed by atoms with Crippen LogP contribution in [0.15, 0.2) is 18.2 Å². The minimum atomic E-state index is 0.244. The standard InChI is InChI=1S/C16H26N2/c1-12-9-14(16(2,3)4)6-5-13(12)10-15-11-17-7-8-18-15/h5-6,9,15,17-18H,7-8,10-11H2,1-4H3. The molecule has 0 bridgehead atoms. The summed E-state index contributed by atoms with van der Waals surface area (Å²) in [5, 5.41) is 7.02. The topological polar surface area (TPSA) is 24.1 Å². The average molecular weight is 246 g/mol. The van der Waals surface area contributed by atoms with Crippen LogP contribution in [0.5, 0.6) is 0 Å². The van der Waals surface area contributed by atoms with Crippen molar-refractivity contribution in [3.63, 3.8) is 0 Å². The Kier molecular flexibility index (Phi) is 4.08. The maximum Gasteiger partial charge on any atom is 0.0233 e. The summed E-state index contributed by atoms with van der Waals surface area (Å²) in [6.45, 7) is 12.3. The summed E-state index contributed by atoms with van der Waals surface area (Å²) >= 11 is 0. The van der Waals surface area contributed by atoms with E-state index in [1.165, 1.54) is 16.7 Å². The lowest BCUT2D eigenvalue weighted by Gasteiger charge is -2.26. The molecular formula is C16H26N2. The van der Waals surface area contributed by atoms with Gasteiger partial charge in [0.25, 0.3) is 0 Å². The second-order valence-electron chi connectivity index (χ2n) is 6.45. The number of hydrogen-bond acceptors (Lipinski definition) is 2. The van der Waals surface area contributed by atoms with Gasteiger partial charge in [-0.05, 0) is 35.4 Å². The number of nitrogens with one attached hydrogen (secondary N) is 2. The van der Waals surface area contributed by atoms with Crippen LogP contribution in [0.2, 0.25) is 0 Å². The Bertz CT molecular complexity index is 398. The van der Waals surface area contributed by atoms with Crippen molar-refractivity contribution in [2.45, 2.75) is 45.6 Å². The largest absolute Gasteiger partial charge is 0.314 e. The van der Waals surface area contributed by atoms with E-state index in [0.29, 0.717) is 6.04 Å². The van der Waals surface area contributed by atoms with Crippen molar-refractivity contribution in [1.82, 2.24) is 10.6 Å². The fraction of sp³-hybridized carbons (Fsp3) is 0.625. The van der Waals surface area contributed by atoms with Gasteiger partial charge in [0, 0.05) is 25.7 Å². The zero-order chi connectivity index (χ0) is 13.2. The first-order valence-electron chi connectivity index (χ1n) is 7.01. The fourth-order valence-corrected chi connectivity index (χ4v) is 2.51. The Morgan fingerprint density at radius 3 is 2.56 bits per heavy atom. The van der Waals surface area contributed by atoms with Gasteiger partial charge in [-0.1, -0.05) is 39.0 Å². The maximum absolute atomic E-state index is 3.58. The van der Waals surface area contributed by atoms with E-state index in [0.717, 1.165) is 26.1 Å². The molecule has 2 rings (SSSR count). The van der Waals surface area contributed by atoms with Crippen LogP contribution in [-0.2, 0) is 11.8 Å². The van der Waals surface area contributed by atoms with Gasteiger partial charge in [0.1, 0.15) is 0 Å². The van der Waals surface area contributed by atoms with Crippen molar-refractivity contribution in [3.8, 4) is 0 Å². The molecule has 1 fully saturated rings. The highest BCUT2D eigenvalue weighted by atomic mass is 15.0. The van der Waals surface area contributed by atoms with Gasteiger partial charge in [-0.3, -0.25) is 0 Å². The first-order chi connectivity index (χ1) is 8.47. The van der Waals surface area contributed by atoms with Gasteiger partial charge in [-0.15, -0.1) is 0 Å². The summed E-state index contributed by atoms with van der Waals surface area (Å²) in [7, 11) is 0. The predicted octanol–water partition coefficient (Wildman–Crippen LogP) is 2.40. The lowest BCUT2D eigenvalue weighted by atomic mass is 9.84. The van der Waals surface area contributed by atoms with E-state index in [-0.39, 0.29) is 5.41 Å². The monoisotopic (exact) mass is 246 g/mol. The molecule has 1 heterocycles. The molecule has 1 aliphatic heterocycles. The number of benzene rings is 1. The van der Waals surface area contributed by atoms with E-state index < -0.39 is 0 Å². The summed E-state index contributed by atoms with van der Waals surface area (Å²) < 4.78 is 0. The molecule has 0 amide bonds. The molecule has 2 heteroatoms. The summed E-state index contributed by atoms with van der Waals surface area (Å²) in [6.07, 6.45) is 1.13. The molecule has 1 unspecified atom stereocenters. The molecule has 1 atom stereocenters. The molecule has 0 saturated carbocycles. The quantitative estimate of drug-likeness (QED) is 0.837. The predicted molar refractivity (Wildman–Crippen MR) is 78.2 cm³/mol. The Morgan fingerprint density at radius 1 is 1.22 bits per heavy atom. The smallest absolute Gasteiger partial charge is 0.0233 e. The van der Waals surface area contributed by atoms with Crippen LogP contribution < -0.4 is 10.6 Å². The van der Waals surface area contributed by atoms with Crippen molar-refractivity contribution in [2.75, 3.05) is 19.6 Å². The Labute approximate surface area is 111 Å². The highest BCUT2D eigenvalue weighted by molar-refractivity contribution is 5.35. The van der Waals surface area contributed by atoms with Gasteiger partial charge >= 0.3 is 0 Å². The van der Waals surface area contributed by atoms with E-state index in [4.69, 9.17) is 0 Å². The normalized spacial score (nSPS) is 21.0. The molecule has 0 radical (unpaired) electrons. The molecule has 0 spiro atoms. The zero-order valence-corrected chi connectivity index (χ0v) is 12.1. The van der Waals surface area contributed by atoms with Crippen molar-refractivity contribution >= 4 is 0 Å². The number of piperazine rings is 1. The van der Waals surface area contributed by atoms with Gasteiger partial charge in [0.05, 0.1) is 0 Å². The maximum atomic E-state index is 3.58. The van der Waals surface area contributed by atoms with Crippen LogP contribution in [0, 0.1) is 6.92 Å². The van der Waals surface area contributed by atoms with E-state index in [9.17, 15) is 0 Å². The second-order valence-corrected chi connectivity index (χ2v) is 6.45. The zero-order valence-electron chi connectivity index (χ0n) is 12.1. The third kappa shape index (κ3) is 3.33. The minimum absolute atomic E-state index is 0.244. The Morgan fingerprint density at radius 2 is 2.00 bits per heavy atom. The van der Waals surface area contributed by atoms with E-state index in [1.54, 1.807) is 0 Å². The third-order valence-electron chi connectivity index (χ3n) is 3.80. The lowest BCUT2D eigenvalue weighted by molar-refractivity contribution is 0.416. The lowest BCUT2D eigenvalue weighted by Crippen LogP contribution is -2.49. The van der Waals surface area contributed by atoms with Crippen LogP contribution in [0.3, 0.4) is 0 Å². The molecule has 1 aliphatic rings. The number of rotatable bonds is 2. The second kappa shape index (κ2) is 5.41. The highest BCUT2D eigenvalue weighted by Gasteiger charge is 2.17. The third-order valence-corrected chi connectivity index (χ3v) is 3.80. The molecular weight excluding hydrogens is 220 g/mol. The van der Waals surface area contributed by atoms with Gasteiger partial charge in [0.2, 0.25) is 0 Å². The molecule has 1 aromatic carbocycles. The van der Waals surface area contributed by atoms with Crippen molar-refractivity contribution < 1.29 is 0 Å². The molecule has 1 saturated heterocycles. The summed E-state index contributed by atoms with van der Waals surface area (Å²) in [6, 6.07) is 7.54. The molecule has 18 heavy (non-hydrogen) atoms. The average Bonchev–Trinajstić information content (AvgIpc) is 2.32. The van der Waals surface area contributed by atoms with Crippen molar-refractivity contribution in [3.05, 3.63) is 34.9 Å². The Hall–Kier alpha value is -0.860. The minimum Gasteiger partial charge on any atom is -0.314 e. The highest BCUT2D eigenvalue weighted by Crippen LogP contribution is 2.24. The summed E-state index contributed by atoms with van der Waals surface area (Å²) in [4.78, 5) is 0. The van der Waals surface area contributed by atoms with E-state index >= 15 is 0 Å². The van der Waals surface area contributed by atoms with Crippen LogP contribution >= 0.6 is 0 Å². The van der Waals surface area contributed by atoms with Crippen LogP contribution in [0.1, 0.15) is 37.5 Å².